The van der Waals surface area contributed by atoms with Crippen molar-refractivity contribution >= 4 is 38.9 Å². The van der Waals surface area contributed by atoms with E-state index in [1.54, 1.807) is 30.3 Å². The van der Waals surface area contributed by atoms with Gasteiger partial charge in [-0.1, -0.05) is 35.7 Å². The Labute approximate surface area is 174 Å². The van der Waals surface area contributed by atoms with Crippen molar-refractivity contribution in [2.24, 2.45) is 0 Å². The Morgan fingerprint density at radius 2 is 1.67 bits per heavy atom. The van der Waals surface area contributed by atoms with Gasteiger partial charge >= 0.3 is 0 Å². The lowest BCUT2D eigenvalue weighted by molar-refractivity contribution is -0.107. The second-order valence-corrected chi connectivity index (χ2v) is 8.10. The Balaban J connectivity index is 2.42. The molecule has 27 heavy (non-hydrogen) atoms. The molecule has 4 nitrogen and oxygen atoms in total. The smallest absolute Gasteiger partial charge is 0.270 e. The number of sulfonamides is 1. The molecule has 0 saturated carbocycles. The standard InChI is InChI=1S/C21H18INO3S/c1-18-8-10-21(11-9-18)27(25,26)23(15-4-5-17-24)16-13-20-7-3-2-6-19(20)12-14-22/h2-3,6-11,17H,4-5,15H2,1H3. The number of aldehydes is 1. The van der Waals surface area contributed by atoms with Crippen molar-refractivity contribution in [2.45, 2.75) is 24.7 Å². The fourth-order valence-electron chi connectivity index (χ4n) is 2.27. The Morgan fingerprint density at radius 3 is 2.26 bits per heavy atom. The molecule has 0 N–H and O–H groups in total. The number of halogens is 1. The van der Waals surface area contributed by atoms with E-state index < -0.39 is 10.0 Å². The molecule has 0 spiro atoms. The van der Waals surface area contributed by atoms with E-state index in [0.717, 1.165) is 21.7 Å². The van der Waals surface area contributed by atoms with Crippen LogP contribution < -0.4 is 0 Å². The minimum absolute atomic E-state index is 0.141. The average molecular weight is 491 g/mol. The third-order valence-corrected chi connectivity index (χ3v) is 5.71. The molecule has 0 aliphatic rings. The number of rotatable bonds is 6. The van der Waals surface area contributed by atoms with Gasteiger partial charge in [0.15, 0.2) is 0 Å². The number of carbonyl (C=O) groups is 1. The molecule has 0 fully saturated rings. The minimum Gasteiger partial charge on any atom is -0.303 e. The summed E-state index contributed by atoms with van der Waals surface area (Å²) in [4.78, 5) is 10.8. The molecule has 6 heteroatoms. The highest BCUT2D eigenvalue weighted by atomic mass is 127. The lowest BCUT2D eigenvalue weighted by atomic mass is 10.1. The first-order chi connectivity index (χ1) is 13.0. The monoisotopic (exact) mass is 491 g/mol. The number of benzene rings is 2. The first-order valence-corrected chi connectivity index (χ1v) is 10.8. The van der Waals surface area contributed by atoms with Crippen molar-refractivity contribution < 1.29 is 13.2 Å². The van der Waals surface area contributed by atoms with E-state index in [2.05, 4.69) is 21.8 Å². The number of hydrogen-bond acceptors (Lipinski definition) is 3. The molecule has 0 amide bonds. The zero-order chi connectivity index (χ0) is 19.7. The second-order valence-electron chi connectivity index (χ2n) is 5.70. The SMILES string of the molecule is Cc1ccc(S(=O)(=O)N(C#Cc2ccccc2C#CI)CCCC=O)cc1. The molecule has 2 aromatic rings. The van der Waals surface area contributed by atoms with Crippen molar-refractivity contribution in [1.29, 1.82) is 0 Å². The van der Waals surface area contributed by atoms with Crippen LogP contribution in [-0.2, 0) is 14.8 Å². The first-order valence-electron chi connectivity index (χ1n) is 8.24. The number of carbonyl (C=O) groups excluding carboxylic acids is 1. The summed E-state index contributed by atoms with van der Waals surface area (Å²) >= 11 is 1.95. The van der Waals surface area contributed by atoms with E-state index in [0.29, 0.717) is 12.0 Å². The number of unbranched alkanes of at least 4 members (excludes halogenated alkanes) is 1. The van der Waals surface area contributed by atoms with Gasteiger partial charge < -0.3 is 4.79 Å². The summed E-state index contributed by atoms with van der Waals surface area (Å²) in [6.07, 6.45) is 1.45. The minimum atomic E-state index is -3.79. The van der Waals surface area contributed by atoms with Gasteiger partial charge in [0.1, 0.15) is 6.29 Å². The largest absolute Gasteiger partial charge is 0.303 e. The van der Waals surface area contributed by atoms with Gasteiger partial charge in [-0.05, 0) is 47.5 Å². The highest BCUT2D eigenvalue weighted by molar-refractivity contribution is 14.1. The molecule has 0 aromatic heterocycles. The highest BCUT2D eigenvalue weighted by Gasteiger charge is 2.21. The van der Waals surface area contributed by atoms with E-state index in [1.165, 1.54) is 0 Å². The maximum Gasteiger partial charge on any atom is 0.270 e. The van der Waals surface area contributed by atoms with E-state index >= 15 is 0 Å². The zero-order valence-corrected chi connectivity index (χ0v) is 17.7. The molecule has 0 bridgehead atoms. The van der Waals surface area contributed by atoms with Crippen molar-refractivity contribution in [1.82, 2.24) is 4.31 Å². The van der Waals surface area contributed by atoms with Gasteiger partial charge in [0.05, 0.1) is 4.90 Å². The molecule has 0 aliphatic carbocycles. The second kappa shape index (κ2) is 10.1. The Bertz CT molecular complexity index is 1020. The number of nitrogens with zero attached hydrogens (tertiary/aromatic N) is 1. The molecular formula is C21H18INO3S. The summed E-state index contributed by atoms with van der Waals surface area (Å²) in [5, 5.41) is 0. The molecule has 0 unspecified atom stereocenters. The van der Waals surface area contributed by atoms with Crippen LogP contribution in [0.15, 0.2) is 53.4 Å². The quantitative estimate of drug-likeness (QED) is 0.204. The summed E-state index contributed by atoms with van der Waals surface area (Å²) in [6.45, 7) is 2.03. The van der Waals surface area contributed by atoms with Crippen molar-refractivity contribution in [2.75, 3.05) is 6.54 Å². The topological polar surface area (TPSA) is 54.5 Å². The van der Waals surface area contributed by atoms with Crippen LogP contribution in [0.3, 0.4) is 0 Å². The van der Waals surface area contributed by atoms with Gasteiger partial charge in [0.2, 0.25) is 0 Å². The molecule has 2 rings (SSSR count). The van der Waals surface area contributed by atoms with Crippen LogP contribution in [0.5, 0.6) is 0 Å². The number of hydrogen-bond donors (Lipinski definition) is 0. The summed E-state index contributed by atoms with van der Waals surface area (Å²) < 4.78 is 29.9. The van der Waals surface area contributed by atoms with Gasteiger partial charge in [-0.3, -0.25) is 0 Å². The maximum absolute atomic E-state index is 13.0. The van der Waals surface area contributed by atoms with Crippen molar-refractivity contribution in [3.05, 3.63) is 65.2 Å². The van der Waals surface area contributed by atoms with E-state index in [4.69, 9.17) is 0 Å². The Kier molecular flexibility index (Phi) is 7.90. The molecule has 2 aromatic carbocycles. The predicted molar refractivity (Wildman–Crippen MR) is 115 cm³/mol. The molecular weight excluding hydrogens is 473 g/mol. The molecule has 0 heterocycles. The maximum atomic E-state index is 13.0. The highest BCUT2D eigenvalue weighted by Crippen LogP contribution is 2.17. The third-order valence-electron chi connectivity index (χ3n) is 3.72. The number of aryl methyl sites for hydroxylation is 1. The summed E-state index contributed by atoms with van der Waals surface area (Å²) in [5.41, 5.74) is 2.36. The van der Waals surface area contributed by atoms with E-state index in [1.807, 2.05) is 47.7 Å². The van der Waals surface area contributed by atoms with Gasteiger partial charge in [0.25, 0.3) is 10.0 Å². The van der Waals surface area contributed by atoms with Crippen LogP contribution in [0.1, 0.15) is 29.5 Å². The van der Waals surface area contributed by atoms with Gasteiger partial charge in [-0.15, -0.1) is 0 Å². The summed E-state index contributed by atoms with van der Waals surface area (Å²) in [5.74, 6) is 5.86. The fraction of sp³-hybridized carbons (Fsp3) is 0.190. The first kappa shape index (κ1) is 21.0. The Morgan fingerprint density at radius 1 is 1.04 bits per heavy atom. The zero-order valence-electron chi connectivity index (χ0n) is 14.8. The van der Waals surface area contributed by atoms with E-state index in [-0.39, 0.29) is 17.9 Å². The fourth-order valence-corrected chi connectivity index (χ4v) is 3.83. The van der Waals surface area contributed by atoms with Crippen molar-refractivity contribution in [3.63, 3.8) is 0 Å². The molecule has 0 radical (unpaired) electrons. The lowest BCUT2D eigenvalue weighted by Gasteiger charge is -2.17. The predicted octanol–water partition coefficient (Wildman–Crippen LogP) is 3.72. The molecule has 0 saturated heterocycles. The van der Waals surface area contributed by atoms with Gasteiger partial charge in [0, 0.05) is 52.7 Å². The molecule has 0 atom stereocenters. The van der Waals surface area contributed by atoms with E-state index in [9.17, 15) is 13.2 Å². The van der Waals surface area contributed by atoms with Crippen LogP contribution in [0.25, 0.3) is 0 Å². The van der Waals surface area contributed by atoms with Crippen LogP contribution >= 0.6 is 22.6 Å². The lowest BCUT2D eigenvalue weighted by Crippen LogP contribution is -2.27. The van der Waals surface area contributed by atoms with Gasteiger partial charge in [-0.2, -0.15) is 0 Å². The third kappa shape index (κ3) is 5.85. The average Bonchev–Trinajstić information content (AvgIpc) is 2.66. The van der Waals surface area contributed by atoms with Crippen LogP contribution in [0, 0.1) is 28.7 Å². The normalized spacial score (nSPS) is 10.1. The summed E-state index contributed by atoms with van der Waals surface area (Å²) in [7, 11) is -3.79. The van der Waals surface area contributed by atoms with Gasteiger partial charge in [-0.25, -0.2) is 12.7 Å². The molecule has 138 valence electrons. The Hall–Kier alpha value is -2.29. The van der Waals surface area contributed by atoms with Crippen molar-refractivity contribution in [3.8, 4) is 21.8 Å². The van der Waals surface area contributed by atoms with Crippen LogP contribution in [0.4, 0.5) is 0 Å². The summed E-state index contributed by atoms with van der Waals surface area (Å²) in [6, 6.07) is 16.7. The van der Waals surface area contributed by atoms with Crippen LogP contribution in [-0.4, -0.2) is 25.6 Å². The molecule has 0 aliphatic heterocycles. The van der Waals surface area contributed by atoms with Crippen LogP contribution in [0.2, 0.25) is 0 Å².